The second-order valence-corrected chi connectivity index (χ2v) is 14.1. The van der Waals surface area contributed by atoms with Crippen LogP contribution in [0.1, 0.15) is 106 Å². The molecule has 3 N–H and O–H groups in total. The number of hydrogen-bond donors (Lipinski definition) is 3. The molecule has 0 aromatic carbocycles. The van der Waals surface area contributed by atoms with Gasteiger partial charge in [0.25, 0.3) is 0 Å². The molecule has 0 aliphatic heterocycles. The maximum atomic E-state index is 13.5. The zero-order valence-corrected chi connectivity index (χ0v) is 27.1. The Morgan fingerprint density at radius 1 is 1.09 bits per heavy atom. The molecular weight excluding hydrogens is 548 g/mol. The van der Waals surface area contributed by atoms with Crippen molar-refractivity contribution in [1.29, 1.82) is 0 Å². The highest BCUT2D eigenvalue weighted by Crippen LogP contribution is 2.76. The molecule has 8 atom stereocenters. The van der Waals surface area contributed by atoms with Gasteiger partial charge >= 0.3 is 11.9 Å². The average molecular weight is 601 g/mol. The van der Waals surface area contributed by atoms with Gasteiger partial charge in [0.2, 0.25) is 0 Å². The maximum Gasteiger partial charge on any atom is 0.333 e. The van der Waals surface area contributed by atoms with E-state index in [1.165, 1.54) is 25.3 Å². The van der Waals surface area contributed by atoms with Crippen LogP contribution in [0.3, 0.4) is 0 Å². The summed E-state index contributed by atoms with van der Waals surface area (Å²) in [6.07, 6.45) is 11.5. The molecule has 0 spiro atoms. The van der Waals surface area contributed by atoms with E-state index in [-0.39, 0.29) is 36.9 Å². The first-order valence-corrected chi connectivity index (χ1v) is 16.2. The van der Waals surface area contributed by atoms with Gasteiger partial charge in [-0.05, 0) is 50.3 Å². The molecule has 43 heavy (non-hydrogen) atoms. The molecular formula is C35H52O8. The fourth-order valence-electron chi connectivity index (χ4n) is 8.76. The Hall–Kier alpha value is -2.29. The van der Waals surface area contributed by atoms with Gasteiger partial charge < -0.3 is 24.8 Å². The number of Topliss-reactive ketones (excluding diaryl/α,β-unsaturated/α-hetero) is 1. The van der Waals surface area contributed by atoms with E-state index in [1.807, 2.05) is 26.8 Å². The largest absolute Gasteiger partial charge is 0.454 e. The topological polar surface area (TPSA) is 130 Å². The number of fused-ring (bicyclic) bond motifs is 5. The normalized spacial score (nSPS) is 37.8. The predicted molar refractivity (Wildman–Crippen MR) is 163 cm³/mol. The smallest absolute Gasteiger partial charge is 0.333 e. The highest BCUT2D eigenvalue weighted by atomic mass is 16.6. The first-order valence-electron chi connectivity index (χ1n) is 16.2. The van der Waals surface area contributed by atoms with Crippen LogP contribution >= 0.6 is 0 Å². The number of carbonyl (C=O) groups excluding carboxylic acids is 3. The van der Waals surface area contributed by atoms with Gasteiger partial charge in [0, 0.05) is 41.6 Å². The van der Waals surface area contributed by atoms with Crippen molar-refractivity contribution in [2.45, 2.75) is 129 Å². The fraction of sp³-hybridized carbons (Fsp3) is 0.743. The van der Waals surface area contributed by atoms with Crippen LogP contribution < -0.4 is 0 Å². The lowest BCUT2D eigenvalue weighted by molar-refractivity contribution is -0.211. The number of allylic oxidation sites excluding steroid dienone is 2. The number of aliphatic hydroxyl groups is 3. The molecule has 4 aliphatic carbocycles. The van der Waals surface area contributed by atoms with Crippen molar-refractivity contribution >= 4 is 17.7 Å². The van der Waals surface area contributed by atoms with Crippen molar-refractivity contribution in [3.63, 3.8) is 0 Å². The molecule has 0 amide bonds. The lowest BCUT2D eigenvalue weighted by atomic mass is 9.60. The van der Waals surface area contributed by atoms with Gasteiger partial charge in [-0.25, -0.2) is 4.79 Å². The molecule has 8 heteroatoms. The highest BCUT2D eigenvalue weighted by Gasteiger charge is 2.86. The van der Waals surface area contributed by atoms with Crippen LogP contribution in [0.5, 0.6) is 0 Å². The van der Waals surface area contributed by atoms with E-state index in [0.717, 1.165) is 19.3 Å². The summed E-state index contributed by atoms with van der Waals surface area (Å²) >= 11 is 0. The second-order valence-electron chi connectivity index (χ2n) is 14.1. The number of unbranched alkanes of at least 4 members (excludes halogenated alkanes) is 6. The first kappa shape index (κ1) is 33.6. The number of hydrogen-bond acceptors (Lipinski definition) is 8. The Labute approximate surface area is 256 Å². The molecule has 240 valence electrons. The van der Waals surface area contributed by atoms with E-state index >= 15 is 0 Å². The SMILES string of the molecule is CC=C(C)C(=O)O[C@@H]1[C@@H](C)[C@H]2[C@@H](C=C(CO)C[C@]3(O)C(=O)C(C)=C[C@@]23O)[C@@H]2C(C)(C)[C@]12OC(=O)CCCCCCCCC. The van der Waals surface area contributed by atoms with E-state index in [0.29, 0.717) is 17.6 Å². The van der Waals surface area contributed by atoms with Crippen molar-refractivity contribution in [2.75, 3.05) is 6.61 Å². The molecule has 0 aromatic heterocycles. The van der Waals surface area contributed by atoms with Crippen molar-refractivity contribution < 1.29 is 39.2 Å². The number of rotatable bonds is 12. The third kappa shape index (κ3) is 5.25. The number of ether oxygens (including phenoxy) is 2. The van der Waals surface area contributed by atoms with E-state index in [2.05, 4.69) is 6.92 Å². The molecule has 4 rings (SSSR count). The third-order valence-electron chi connectivity index (χ3n) is 11.1. The van der Waals surface area contributed by atoms with Crippen LogP contribution in [0.15, 0.2) is 34.9 Å². The summed E-state index contributed by atoms with van der Waals surface area (Å²) in [6, 6.07) is 0. The zero-order valence-electron chi connectivity index (χ0n) is 27.1. The molecule has 2 fully saturated rings. The molecule has 2 saturated carbocycles. The number of aliphatic hydroxyl groups excluding tert-OH is 1. The Balaban J connectivity index is 1.72. The van der Waals surface area contributed by atoms with Crippen LogP contribution in [0.25, 0.3) is 0 Å². The Morgan fingerprint density at radius 3 is 2.33 bits per heavy atom. The summed E-state index contributed by atoms with van der Waals surface area (Å²) in [5, 5.41) is 34.5. The zero-order chi connectivity index (χ0) is 32.0. The lowest BCUT2D eigenvalue weighted by Crippen LogP contribution is -2.65. The van der Waals surface area contributed by atoms with Crippen LogP contribution in [0.4, 0.5) is 0 Å². The second kappa shape index (κ2) is 12.2. The molecule has 0 heterocycles. The van der Waals surface area contributed by atoms with Crippen LogP contribution in [-0.2, 0) is 23.9 Å². The number of esters is 2. The number of ketones is 1. The minimum Gasteiger partial charge on any atom is -0.454 e. The summed E-state index contributed by atoms with van der Waals surface area (Å²) in [5.41, 5.74) is -4.88. The molecule has 0 unspecified atom stereocenters. The monoisotopic (exact) mass is 600 g/mol. The van der Waals surface area contributed by atoms with E-state index in [1.54, 1.807) is 26.8 Å². The van der Waals surface area contributed by atoms with Gasteiger partial charge in [-0.2, -0.15) is 0 Å². The molecule has 0 saturated heterocycles. The average Bonchev–Trinajstić information content (AvgIpc) is 3.42. The van der Waals surface area contributed by atoms with Gasteiger partial charge in [-0.15, -0.1) is 0 Å². The van der Waals surface area contributed by atoms with E-state index < -0.39 is 57.8 Å². The molecule has 0 bridgehead atoms. The fourth-order valence-corrected chi connectivity index (χ4v) is 8.76. The van der Waals surface area contributed by atoms with Crippen LogP contribution in [0, 0.1) is 29.1 Å². The lowest BCUT2D eigenvalue weighted by Gasteiger charge is -2.51. The van der Waals surface area contributed by atoms with Gasteiger partial charge in [-0.3, -0.25) is 9.59 Å². The standard InChI is InChI=1S/C35H52O8/c1-8-10-11-12-13-14-15-16-26(37)43-35-28(32(35,6)7)25-17-24(20-36)19-34(41)29(38)22(4)18-33(34,40)27(25)23(5)30(35)42-31(39)21(3)9-2/h9,17-18,23,25,27-28,30,36,40-41H,8,10-16,19-20H2,1-7H3/t23-,25+,27-,28+,30+,33+,34-,35+/m0/s1. The van der Waals surface area contributed by atoms with E-state index in [4.69, 9.17) is 9.47 Å². The van der Waals surface area contributed by atoms with Crippen molar-refractivity contribution in [3.8, 4) is 0 Å². The predicted octanol–water partition coefficient (Wildman–Crippen LogP) is 5.14. The summed E-state index contributed by atoms with van der Waals surface area (Å²) < 4.78 is 12.6. The third-order valence-corrected chi connectivity index (χ3v) is 11.1. The van der Waals surface area contributed by atoms with Gasteiger partial charge in [0.1, 0.15) is 11.7 Å². The molecule has 8 nitrogen and oxygen atoms in total. The van der Waals surface area contributed by atoms with Crippen molar-refractivity contribution in [3.05, 3.63) is 34.9 Å². The summed E-state index contributed by atoms with van der Waals surface area (Å²) in [7, 11) is 0. The minimum absolute atomic E-state index is 0.216. The Kier molecular flexibility index (Phi) is 9.57. The molecule has 0 radical (unpaired) electrons. The van der Waals surface area contributed by atoms with Crippen LogP contribution in [0.2, 0.25) is 0 Å². The van der Waals surface area contributed by atoms with E-state index in [9.17, 15) is 29.7 Å². The van der Waals surface area contributed by atoms with Crippen molar-refractivity contribution in [2.24, 2.45) is 29.1 Å². The Bertz CT molecular complexity index is 1210. The summed E-state index contributed by atoms with van der Waals surface area (Å²) in [4.78, 5) is 40.0. The van der Waals surface area contributed by atoms with Crippen LogP contribution in [-0.4, -0.2) is 62.6 Å². The van der Waals surface area contributed by atoms with Gasteiger partial charge in [-0.1, -0.05) is 78.4 Å². The minimum atomic E-state index is -2.17. The van der Waals surface area contributed by atoms with Gasteiger partial charge in [0.05, 0.1) is 6.61 Å². The quantitative estimate of drug-likeness (QED) is 0.122. The summed E-state index contributed by atoms with van der Waals surface area (Å²) in [5.74, 6) is -3.70. The highest BCUT2D eigenvalue weighted by molar-refractivity contribution is 6.06. The number of carbonyl (C=O) groups is 3. The summed E-state index contributed by atoms with van der Waals surface area (Å²) in [6.45, 7) is 12.6. The van der Waals surface area contributed by atoms with Crippen molar-refractivity contribution in [1.82, 2.24) is 0 Å². The Morgan fingerprint density at radius 2 is 1.72 bits per heavy atom. The van der Waals surface area contributed by atoms with Gasteiger partial charge in [0.15, 0.2) is 17.0 Å². The molecule has 0 aromatic rings. The molecule has 4 aliphatic rings. The maximum absolute atomic E-state index is 13.5. The first-order chi connectivity index (χ1) is 20.2.